The normalized spacial score (nSPS) is 20.6. The Morgan fingerprint density at radius 2 is 2.09 bits per heavy atom. The predicted octanol–water partition coefficient (Wildman–Crippen LogP) is 0.745. The topological polar surface area (TPSA) is 115 Å². The lowest BCUT2D eigenvalue weighted by Crippen LogP contribution is -2.53. The molecule has 0 unspecified atom stereocenters. The van der Waals surface area contributed by atoms with E-state index in [-0.39, 0.29) is 11.6 Å². The molecule has 0 radical (unpaired) electrons. The van der Waals surface area contributed by atoms with Gasteiger partial charge in [-0.05, 0) is 37.4 Å². The van der Waals surface area contributed by atoms with E-state index in [0.29, 0.717) is 43.1 Å². The van der Waals surface area contributed by atoms with Gasteiger partial charge in [-0.1, -0.05) is 0 Å². The lowest BCUT2D eigenvalue weighted by molar-refractivity contribution is 0.0384. The molecule has 0 amide bonds. The Bertz CT molecular complexity index is 1220. The second-order valence-electron chi connectivity index (χ2n) is 8.85. The number of hydrogen-bond acceptors (Lipinski definition) is 9. The molecule has 1 fully saturated rings. The number of ether oxygens (including phenoxy) is 2. The number of methoxy groups -OCH3 is 1. The van der Waals surface area contributed by atoms with Crippen molar-refractivity contribution >= 4 is 11.2 Å². The minimum absolute atomic E-state index is 0.00303. The van der Waals surface area contributed by atoms with Crippen LogP contribution in [0, 0.1) is 0 Å². The maximum atomic E-state index is 12.5. The van der Waals surface area contributed by atoms with Crippen LogP contribution in [-0.4, -0.2) is 75.0 Å². The van der Waals surface area contributed by atoms with Gasteiger partial charge in [-0.15, -0.1) is 0 Å². The number of nitrogens with zero attached hydrogens (tertiary/aromatic N) is 5. The molecule has 5 heterocycles. The quantitative estimate of drug-likeness (QED) is 0.520. The first-order valence-corrected chi connectivity index (χ1v) is 11.7. The molecule has 0 spiro atoms. The highest BCUT2D eigenvalue weighted by Crippen LogP contribution is 2.24. The maximum Gasteiger partial charge on any atom is 0.269 e. The Kier molecular flexibility index (Phi) is 6.70. The third-order valence-electron chi connectivity index (χ3n) is 6.62. The van der Waals surface area contributed by atoms with Crippen LogP contribution in [0.1, 0.15) is 24.1 Å². The number of aliphatic hydroxyl groups is 1. The number of nitrogens with one attached hydrogen (secondary N) is 1. The van der Waals surface area contributed by atoms with E-state index in [9.17, 15) is 9.90 Å². The summed E-state index contributed by atoms with van der Waals surface area (Å²) < 4.78 is 12.6. The number of fused-ring (bicyclic) bond motifs is 2. The molecule has 0 aromatic carbocycles. The summed E-state index contributed by atoms with van der Waals surface area (Å²) >= 11 is 0. The van der Waals surface area contributed by atoms with E-state index in [4.69, 9.17) is 9.47 Å². The third-order valence-corrected chi connectivity index (χ3v) is 6.62. The molecule has 0 saturated carbocycles. The van der Waals surface area contributed by atoms with Crippen molar-refractivity contribution in [3.05, 3.63) is 52.3 Å². The molecule has 3 aromatic heterocycles. The summed E-state index contributed by atoms with van der Waals surface area (Å²) in [6.07, 6.45) is 7.07. The number of hydrogen-bond donors (Lipinski definition) is 2. The van der Waals surface area contributed by atoms with E-state index in [1.807, 2.05) is 0 Å². The fourth-order valence-corrected chi connectivity index (χ4v) is 4.69. The lowest BCUT2D eigenvalue weighted by Gasteiger charge is -2.36. The molecular weight excluding hydrogens is 436 g/mol. The van der Waals surface area contributed by atoms with Gasteiger partial charge in [0.2, 0.25) is 0 Å². The second kappa shape index (κ2) is 10.0. The lowest BCUT2D eigenvalue weighted by atomic mass is 10.0. The summed E-state index contributed by atoms with van der Waals surface area (Å²) in [5, 5.41) is 14.2. The van der Waals surface area contributed by atoms with Crippen LogP contribution in [-0.2, 0) is 19.5 Å². The van der Waals surface area contributed by atoms with Gasteiger partial charge in [0.25, 0.3) is 5.56 Å². The van der Waals surface area contributed by atoms with E-state index < -0.39 is 6.10 Å². The summed E-state index contributed by atoms with van der Waals surface area (Å²) in [6.45, 7) is 3.88. The van der Waals surface area contributed by atoms with Crippen molar-refractivity contribution in [1.29, 1.82) is 0 Å². The van der Waals surface area contributed by atoms with Crippen LogP contribution >= 0.6 is 0 Å². The van der Waals surface area contributed by atoms with Gasteiger partial charge in [0.1, 0.15) is 11.5 Å². The van der Waals surface area contributed by atoms with E-state index >= 15 is 0 Å². The first-order valence-electron chi connectivity index (χ1n) is 11.7. The number of rotatable bonds is 7. The van der Waals surface area contributed by atoms with Gasteiger partial charge >= 0.3 is 0 Å². The van der Waals surface area contributed by atoms with Crippen molar-refractivity contribution in [2.45, 2.75) is 44.5 Å². The minimum atomic E-state index is -0.498. The molecule has 180 valence electrons. The molecule has 2 aliphatic rings. The number of aromatic nitrogens is 4. The van der Waals surface area contributed by atoms with Crippen molar-refractivity contribution in [1.82, 2.24) is 29.7 Å². The van der Waals surface area contributed by atoms with Crippen molar-refractivity contribution in [3.8, 4) is 11.5 Å². The molecular formula is C24H30N6O4. The standard InChI is InChI=1S/C24H30N6O4/c1-33-18-10-20-24(27-12-18)28-14-23(32)30(20)7-6-29-5-4-19(21(31)15-29)26-11-17-9-16-3-2-8-34-22(16)13-25-17/h9-10,12-14,19,21,26,31H,2-8,11,15H2,1H3/t19-,21+/m0/s1. The van der Waals surface area contributed by atoms with Crippen LogP contribution in [0.4, 0.5) is 0 Å². The summed E-state index contributed by atoms with van der Waals surface area (Å²) in [7, 11) is 1.57. The van der Waals surface area contributed by atoms with E-state index in [1.165, 1.54) is 11.8 Å². The Hall–Kier alpha value is -3.08. The van der Waals surface area contributed by atoms with Gasteiger partial charge in [-0.3, -0.25) is 14.7 Å². The highest BCUT2D eigenvalue weighted by atomic mass is 16.5. The fourth-order valence-electron chi connectivity index (χ4n) is 4.69. The van der Waals surface area contributed by atoms with Crippen LogP contribution in [0.15, 0.2) is 35.5 Å². The monoisotopic (exact) mass is 466 g/mol. The van der Waals surface area contributed by atoms with Gasteiger partial charge in [-0.2, -0.15) is 0 Å². The number of likely N-dealkylation sites (tertiary alicyclic amines) is 1. The van der Waals surface area contributed by atoms with E-state index in [0.717, 1.165) is 43.9 Å². The molecule has 2 aliphatic heterocycles. The number of pyridine rings is 2. The van der Waals surface area contributed by atoms with Gasteiger partial charge < -0.3 is 24.5 Å². The predicted molar refractivity (Wildman–Crippen MR) is 126 cm³/mol. The fraction of sp³-hybridized carbons (Fsp3) is 0.500. The molecule has 2 atom stereocenters. The molecule has 2 N–H and O–H groups in total. The van der Waals surface area contributed by atoms with Crippen molar-refractivity contribution < 1.29 is 14.6 Å². The minimum Gasteiger partial charge on any atom is -0.495 e. The zero-order valence-electron chi connectivity index (χ0n) is 19.3. The van der Waals surface area contributed by atoms with Crippen molar-refractivity contribution in [2.24, 2.45) is 0 Å². The zero-order chi connectivity index (χ0) is 23.5. The van der Waals surface area contributed by atoms with Gasteiger partial charge in [0.15, 0.2) is 5.65 Å². The Morgan fingerprint density at radius 1 is 1.21 bits per heavy atom. The van der Waals surface area contributed by atoms with Crippen molar-refractivity contribution in [2.75, 3.05) is 33.4 Å². The average molecular weight is 467 g/mol. The Morgan fingerprint density at radius 3 is 2.94 bits per heavy atom. The van der Waals surface area contributed by atoms with Crippen LogP contribution in [0.5, 0.6) is 11.5 Å². The van der Waals surface area contributed by atoms with Gasteiger partial charge in [0, 0.05) is 38.3 Å². The first kappa shape index (κ1) is 22.7. The summed E-state index contributed by atoms with van der Waals surface area (Å²) in [6, 6.07) is 3.88. The Balaban J connectivity index is 1.17. The SMILES string of the molecule is COc1cnc2ncc(=O)n(CCN3CC[C@H](NCc4cc5c(cn4)OCCC5)[C@H](O)C3)c2c1. The summed E-state index contributed by atoms with van der Waals surface area (Å²) in [5.74, 6) is 1.47. The van der Waals surface area contributed by atoms with Crippen molar-refractivity contribution in [3.63, 3.8) is 0 Å². The second-order valence-corrected chi connectivity index (χ2v) is 8.85. The molecule has 3 aromatic rings. The Labute approximate surface area is 197 Å². The average Bonchev–Trinajstić information content (AvgIpc) is 2.87. The number of piperidine rings is 1. The van der Waals surface area contributed by atoms with Crippen LogP contribution in [0.2, 0.25) is 0 Å². The largest absolute Gasteiger partial charge is 0.495 e. The molecule has 0 aliphatic carbocycles. The van der Waals surface area contributed by atoms with Crippen LogP contribution in [0.25, 0.3) is 11.2 Å². The van der Waals surface area contributed by atoms with E-state index in [2.05, 4.69) is 31.2 Å². The third kappa shape index (κ3) is 4.89. The summed E-state index contributed by atoms with van der Waals surface area (Å²) in [4.78, 5) is 27.5. The highest BCUT2D eigenvalue weighted by molar-refractivity contribution is 5.71. The maximum absolute atomic E-state index is 12.5. The van der Waals surface area contributed by atoms with Crippen LogP contribution in [0.3, 0.4) is 0 Å². The highest BCUT2D eigenvalue weighted by Gasteiger charge is 2.27. The first-order chi connectivity index (χ1) is 16.6. The van der Waals surface area contributed by atoms with Gasteiger partial charge in [-0.25, -0.2) is 9.97 Å². The summed E-state index contributed by atoms with van der Waals surface area (Å²) in [5.41, 5.74) is 3.15. The molecule has 0 bridgehead atoms. The van der Waals surface area contributed by atoms with Gasteiger partial charge in [0.05, 0.1) is 49.6 Å². The molecule has 5 rings (SSSR count). The number of β-amino-alcohol motifs (C(OH)–C–C–N with tert-alkyl or cyclic N) is 1. The number of aryl methyl sites for hydroxylation is 1. The zero-order valence-corrected chi connectivity index (χ0v) is 19.3. The smallest absolute Gasteiger partial charge is 0.269 e. The molecule has 10 heteroatoms. The number of aliphatic hydroxyl groups excluding tert-OH is 1. The van der Waals surface area contributed by atoms with Crippen LogP contribution < -0.4 is 20.3 Å². The molecule has 1 saturated heterocycles. The van der Waals surface area contributed by atoms with E-state index in [1.54, 1.807) is 30.1 Å². The molecule has 34 heavy (non-hydrogen) atoms. The molecule has 10 nitrogen and oxygen atoms in total.